The summed E-state index contributed by atoms with van der Waals surface area (Å²) in [5, 5.41) is 21.1. The fraction of sp³-hybridized carbons (Fsp3) is 0.576. The van der Waals surface area contributed by atoms with Gasteiger partial charge < -0.3 is 29.9 Å². The van der Waals surface area contributed by atoms with Crippen LogP contribution in [-0.2, 0) is 32.2 Å². The Bertz CT molecular complexity index is 1170. The van der Waals surface area contributed by atoms with Crippen molar-refractivity contribution in [2.75, 3.05) is 32.7 Å². The summed E-state index contributed by atoms with van der Waals surface area (Å²) >= 11 is 0. The van der Waals surface area contributed by atoms with E-state index in [1.54, 1.807) is 0 Å². The normalized spacial score (nSPS) is 26.9. The standard InChI is InChI=1S/C33H45N3O6/c1-23-29(21-36-18-4-5-28(36)20-35-16-2-3-17-35)41-33(42-32(23)26-10-8-25(22-37)9-11-26)27-12-6-24(7-13-27)19-34-30(38)14-15-31(39)40/h6-13,23,28-29,32-33,37H,2-5,14-22H2,1H3,(H,34,38)(H,39,40)/t23-,28-,29+,32+,33+/m0/s1. The minimum atomic E-state index is -0.982. The van der Waals surface area contributed by atoms with Crippen LogP contribution in [-0.4, -0.2) is 76.8 Å². The molecule has 2 aromatic carbocycles. The Hall–Kier alpha value is -2.82. The van der Waals surface area contributed by atoms with Crippen molar-refractivity contribution in [3.8, 4) is 0 Å². The summed E-state index contributed by atoms with van der Waals surface area (Å²) in [4.78, 5) is 27.9. The zero-order valence-corrected chi connectivity index (χ0v) is 24.6. The number of benzene rings is 2. The molecule has 0 aliphatic carbocycles. The second-order valence-electron chi connectivity index (χ2n) is 12.0. The molecule has 3 fully saturated rings. The lowest BCUT2D eigenvalue weighted by Crippen LogP contribution is -2.48. The molecule has 228 valence electrons. The minimum absolute atomic E-state index is 0.00937. The number of carbonyl (C=O) groups is 2. The molecule has 3 saturated heterocycles. The Morgan fingerprint density at radius 2 is 1.57 bits per heavy atom. The van der Waals surface area contributed by atoms with E-state index in [1.807, 2.05) is 48.5 Å². The van der Waals surface area contributed by atoms with Crippen LogP contribution < -0.4 is 5.32 Å². The highest BCUT2D eigenvalue weighted by atomic mass is 16.7. The second kappa shape index (κ2) is 14.6. The Labute approximate surface area is 248 Å². The van der Waals surface area contributed by atoms with Crippen molar-refractivity contribution in [3.63, 3.8) is 0 Å². The second-order valence-corrected chi connectivity index (χ2v) is 12.0. The molecule has 1 amide bonds. The molecule has 42 heavy (non-hydrogen) atoms. The Kier molecular flexibility index (Phi) is 10.6. The number of aliphatic hydroxyl groups excluding tert-OH is 1. The summed E-state index contributed by atoms with van der Waals surface area (Å²) in [6.45, 7) is 8.08. The minimum Gasteiger partial charge on any atom is -0.481 e. The summed E-state index contributed by atoms with van der Waals surface area (Å²) in [7, 11) is 0. The van der Waals surface area contributed by atoms with E-state index in [1.165, 1.54) is 38.8 Å². The maximum atomic E-state index is 11.9. The molecule has 0 saturated carbocycles. The predicted molar refractivity (Wildman–Crippen MR) is 158 cm³/mol. The van der Waals surface area contributed by atoms with Crippen molar-refractivity contribution in [1.29, 1.82) is 0 Å². The topological polar surface area (TPSA) is 112 Å². The Morgan fingerprint density at radius 3 is 2.26 bits per heavy atom. The number of hydrogen-bond donors (Lipinski definition) is 3. The van der Waals surface area contributed by atoms with Crippen molar-refractivity contribution in [1.82, 2.24) is 15.1 Å². The SMILES string of the molecule is C[C@H]1[C@@H](CN2CCC[C@H]2CN2CCCC2)O[C@@H](c2ccc(CNC(=O)CCC(=O)O)cc2)O[C@H]1c1ccc(CO)cc1. The third-order valence-electron chi connectivity index (χ3n) is 9.01. The van der Waals surface area contributed by atoms with Crippen LogP contribution in [0.2, 0.25) is 0 Å². The zero-order chi connectivity index (χ0) is 29.5. The molecule has 0 spiro atoms. The van der Waals surface area contributed by atoms with Crippen molar-refractivity contribution < 1.29 is 29.3 Å². The monoisotopic (exact) mass is 579 g/mol. The van der Waals surface area contributed by atoms with Gasteiger partial charge >= 0.3 is 5.97 Å². The van der Waals surface area contributed by atoms with Crippen LogP contribution in [0.3, 0.4) is 0 Å². The van der Waals surface area contributed by atoms with Gasteiger partial charge in [0.15, 0.2) is 6.29 Å². The summed E-state index contributed by atoms with van der Waals surface area (Å²) in [6, 6.07) is 16.4. The molecule has 0 unspecified atom stereocenters. The fourth-order valence-electron chi connectivity index (χ4n) is 6.47. The first-order valence-corrected chi connectivity index (χ1v) is 15.4. The zero-order valence-electron chi connectivity index (χ0n) is 24.6. The van der Waals surface area contributed by atoms with Gasteiger partial charge in [0.05, 0.1) is 25.2 Å². The number of ether oxygens (including phenoxy) is 2. The molecular formula is C33H45N3O6. The van der Waals surface area contributed by atoms with Crippen LogP contribution in [0.4, 0.5) is 0 Å². The number of nitrogens with one attached hydrogen (secondary N) is 1. The molecule has 3 aliphatic heterocycles. The van der Waals surface area contributed by atoms with Gasteiger partial charge in [-0.25, -0.2) is 0 Å². The molecule has 5 rings (SSSR count). The molecule has 0 aromatic heterocycles. The quantitative estimate of drug-likeness (QED) is 0.346. The molecule has 3 aliphatic rings. The molecule has 0 bridgehead atoms. The molecule has 0 radical (unpaired) electrons. The number of carboxylic acid groups (broad SMARTS) is 1. The number of likely N-dealkylation sites (tertiary alicyclic amines) is 2. The molecule has 9 nitrogen and oxygen atoms in total. The number of aliphatic carboxylic acids is 1. The van der Waals surface area contributed by atoms with Crippen LogP contribution >= 0.6 is 0 Å². The molecule has 5 atom stereocenters. The first kappa shape index (κ1) is 30.6. The van der Waals surface area contributed by atoms with E-state index in [0.29, 0.717) is 12.6 Å². The van der Waals surface area contributed by atoms with Crippen LogP contribution in [0.1, 0.15) is 80.1 Å². The number of hydrogen-bond acceptors (Lipinski definition) is 7. The smallest absolute Gasteiger partial charge is 0.303 e. The third-order valence-corrected chi connectivity index (χ3v) is 9.01. The highest BCUT2D eigenvalue weighted by Gasteiger charge is 2.40. The van der Waals surface area contributed by atoms with Gasteiger partial charge in [-0.1, -0.05) is 55.5 Å². The van der Waals surface area contributed by atoms with Gasteiger partial charge in [-0.15, -0.1) is 0 Å². The average molecular weight is 580 g/mol. The maximum Gasteiger partial charge on any atom is 0.303 e. The highest BCUT2D eigenvalue weighted by molar-refractivity contribution is 5.80. The maximum absolute atomic E-state index is 11.9. The summed E-state index contributed by atoms with van der Waals surface area (Å²) < 4.78 is 13.3. The van der Waals surface area contributed by atoms with Gasteiger partial charge in [0.2, 0.25) is 5.91 Å². The molecular weight excluding hydrogens is 534 g/mol. The van der Waals surface area contributed by atoms with E-state index >= 15 is 0 Å². The number of carbonyl (C=O) groups excluding carboxylic acids is 1. The lowest BCUT2D eigenvalue weighted by Gasteiger charge is -2.43. The Balaban J connectivity index is 1.29. The fourth-order valence-corrected chi connectivity index (χ4v) is 6.47. The van der Waals surface area contributed by atoms with Gasteiger partial charge in [-0.2, -0.15) is 0 Å². The average Bonchev–Trinajstić information content (AvgIpc) is 3.69. The van der Waals surface area contributed by atoms with Gasteiger partial charge in [0.1, 0.15) is 0 Å². The van der Waals surface area contributed by atoms with Crippen molar-refractivity contribution >= 4 is 11.9 Å². The Morgan fingerprint density at radius 1 is 0.881 bits per heavy atom. The largest absolute Gasteiger partial charge is 0.481 e. The summed E-state index contributed by atoms with van der Waals surface area (Å²) in [6.07, 6.45) is 4.15. The number of aliphatic hydroxyl groups is 1. The van der Waals surface area contributed by atoms with Gasteiger partial charge in [0.25, 0.3) is 0 Å². The van der Waals surface area contributed by atoms with Crippen LogP contribution in [0.25, 0.3) is 0 Å². The number of amides is 1. The van der Waals surface area contributed by atoms with E-state index in [-0.39, 0.29) is 43.5 Å². The van der Waals surface area contributed by atoms with Gasteiger partial charge in [-0.3, -0.25) is 14.5 Å². The van der Waals surface area contributed by atoms with E-state index in [4.69, 9.17) is 14.6 Å². The van der Waals surface area contributed by atoms with E-state index in [2.05, 4.69) is 22.0 Å². The summed E-state index contributed by atoms with van der Waals surface area (Å²) in [5.41, 5.74) is 3.79. The molecule has 2 aromatic rings. The van der Waals surface area contributed by atoms with E-state index in [9.17, 15) is 14.7 Å². The lowest BCUT2D eigenvalue weighted by molar-refractivity contribution is -0.276. The lowest BCUT2D eigenvalue weighted by atomic mass is 9.90. The molecule has 3 N–H and O–H groups in total. The first-order valence-electron chi connectivity index (χ1n) is 15.4. The van der Waals surface area contributed by atoms with Crippen LogP contribution in [0.5, 0.6) is 0 Å². The predicted octanol–water partition coefficient (Wildman–Crippen LogP) is 4.01. The number of rotatable bonds is 12. The van der Waals surface area contributed by atoms with Crippen molar-refractivity contribution in [2.45, 2.75) is 83.1 Å². The van der Waals surface area contributed by atoms with E-state index < -0.39 is 12.3 Å². The van der Waals surface area contributed by atoms with Gasteiger partial charge in [0, 0.05) is 43.6 Å². The van der Waals surface area contributed by atoms with E-state index in [0.717, 1.165) is 41.9 Å². The molecule has 9 heteroatoms. The van der Waals surface area contributed by atoms with Crippen LogP contribution in [0.15, 0.2) is 48.5 Å². The molecule has 3 heterocycles. The third kappa shape index (κ3) is 7.96. The van der Waals surface area contributed by atoms with Crippen molar-refractivity contribution in [3.05, 3.63) is 70.8 Å². The number of carboxylic acids is 1. The first-order chi connectivity index (χ1) is 20.4. The number of nitrogens with zero attached hydrogens (tertiary/aromatic N) is 2. The van der Waals surface area contributed by atoms with Gasteiger partial charge in [-0.05, 0) is 62.0 Å². The highest BCUT2D eigenvalue weighted by Crippen LogP contribution is 2.42. The van der Waals surface area contributed by atoms with Crippen LogP contribution in [0, 0.1) is 5.92 Å². The van der Waals surface area contributed by atoms with Crippen molar-refractivity contribution in [2.24, 2.45) is 5.92 Å². The summed E-state index contributed by atoms with van der Waals surface area (Å²) in [5.74, 6) is -1.13.